The van der Waals surface area contributed by atoms with Gasteiger partial charge in [0.05, 0.1) is 22.7 Å². The number of hydroxylamine groups is 1. The summed E-state index contributed by atoms with van der Waals surface area (Å²) in [6, 6.07) is 10.2. The Balaban J connectivity index is 1.62. The number of fused-ring (bicyclic) bond motifs is 1. The number of hydrogen-bond acceptors (Lipinski definition) is 7. The van der Waals surface area contributed by atoms with Crippen LogP contribution >= 0.6 is 0 Å². The molecule has 1 aliphatic heterocycles. The minimum Gasteiger partial charge on any atom is -0.456 e. The maximum absolute atomic E-state index is 13.3. The van der Waals surface area contributed by atoms with Gasteiger partial charge in [0.2, 0.25) is 0 Å². The van der Waals surface area contributed by atoms with Crippen molar-refractivity contribution in [2.24, 2.45) is 5.41 Å². The lowest BCUT2D eigenvalue weighted by atomic mass is 9.81. The van der Waals surface area contributed by atoms with Gasteiger partial charge in [-0.15, -0.1) is 6.58 Å². The normalized spacial score (nSPS) is 16.0. The summed E-state index contributed by atoms with van der Waals surface area (Å²) in [4.78, 5) is 22.1. The van der Waals surface area contributed by atoms with Crippen LogP contribution in [0.15, 0.2) is 70.8 Å². The Labute approximate surface area is 186 Å². The molecule has 0 spiro atoms. The molecule has 9 heteroatoms. The molecular weight excluding hydrogens is 432 g/mol. The first-order chi connectivity index (χ1) is 15.4. The monoisotopic (exact) mass is 456 g/mol. The van der Waals surface area contributed by atoms with Crippen molar-refractivity contribution in [1.82, 2.24) is 10.5 Å². The fourth-order valence-electron chi connectivity index (χ4n) is 3.79. The number of furan rings is 1. The van der Waals surface area contributed by atoms with E-state index in [0.29, 0.717) is 29.9 Å². The van der Waals surface area contributed by atoms with Crippen LogP contribution in [0.4, 0.5) is 0 Å². The second-order valence-corrected chi connectivity index (χ2v) is 9.72. The van der Waals surface area contributed by atoms with Crippen molar-refractivity contribution in [3.05, 3.63) is 61.4 Å². The van der Waals surface area contributed by atoms with E-state index in [0.717, 1.165) is 5.56 Å². The van der Waals surface area contributed by atoms with Crippen LogP contribution in [-0.4, -0.2) is 44.9 Å². The Morgan fingerprint density at radius 2 is 1.94 bits per heavy atom. The fourth-order valence-corrected chi connectivity index (χ4v) is 5.69. The predicted molar refractivity (Wildman–Crippen MR) is 118 cm³/mol. The number of hydrogen-bond donors (Lipinski definition) is 1. The molecular formula is C23H24N2O6S. The van der Waals surface area contributed by atoms with E-state index >= 15 is 0 Å². The van der Waals surface area contributed by atoms with Gasteiger partial charge in [-0.2, -0.15) is 0 Å². The number of amides is 1. The molecule has 2 aromatic heterocycles. The molecule has 1 aliphatic rings. The predicted octanol–water partition coefficient (Wildman–Crippen LogP) is 3.30. The number of carbonyl (C=O) groups is 1. The smallest absolute Gasteiger partial charge is 0.250 e. The molecule has 32 heavy (non-hydrogen) atoms. The minimum absolute atomic E-state index is 0.127. The molecule has 1 N–H and O–H groups in total. The first kappa shape index (κ1) is 22.2. The van der Waals surface area contributed by atoms with Gasteiger partial charge >= 0.3 is 0 Å². The number of nitrogens with one attached hydrogen (secondary N) is 1. The Bertz CT molecular complexity index is 1210. The van der Waals surface area contributed by atoms with Crippen LogP contribution in [0.1, 0.15) is 12.8 Å². The molecule has 0 bridgehead atoms. The van der Waals surface area contributed by atoms with Gasteiger partial charge < -0.3 is 9.15 Å². The maximum Gasteiger partial charge on any atom is 0.250 e. The van der Waals surface area contributed by atoms with Crippen LogP contribution in [0.25, 0.3) is 22.3 Å². The zero-order valence-electron chi connectivity index (χ0n) is 17.5. The van der Waals surface area contributed by atoms with Crippen LogP contribution in [0, 0.1) is 5.41 Å². The largest absolute Gasteiger partial charge is 0.456 e. The number of ether oxygens (including phenoxy) is 1. The third kappa shape index (κ3) is 4.59. The molecule has 0 saturated carbocycles. The van der Waals surface area contributed by atoms with Crippen molar-refractivity contribution >= 4 is 26.7 Å². The van der Waals surface area contributed by atoms with Crippen LogP contribution in [-0.2, 0) is 24.2 Å². The third-order valence-electron chi connectivity index (χ3n) is 5.58. The maximum atomic E-state index is 13.3. The van der Waals surface area contributed by atoms with Crippen LogP contribution < -0.4 is 5.48 Å². The Hall–Kier alpha value is -3.01. The van der Waals surface area contributed by atoms with Gasteiger partial charge in [0, 0.05) is 36.6 Å². The molecule has 1 saturated heterocycles. The SMILES string of the molecule is C=CCONC(=O)C1(CS(=O)(=O)c2ccc3oc(-c4ccncc4)cc3c2)CCOCC1. The summed E-state index contributed by atoms with van der Waals surface area (Å²) in [6.07, 6.45) is 5.39. The Kier molecular flexibility index (Phi) is 6.40. The van der Waals surface area contributed by atoms with E-state index < -0.39 is 21.2 Å². The molecule has 0 atom stereocenters. The highest BCUT2D eigenvalue weighted by Gasteiger charge is 2.44. The highest BCUT2D eigenvalue weighted by atomic mass is 32.2. The molecule has 0 unspecified atom stereocenters. The summed E-state index contributed by atoms with van der Waals surface area (Å²) >= 11 is 0. The van der Waals surface area contributed by atoms with Crippen molar-refractivity contribution in [3.63, 3.8) is 0 Å². The van der Waals surface area contributed by atoms with Crippen molar-refractivity contribution in [2.45, 2.75) is 17.7 Å². The third-order valence-corrected chi connectivity index (χ3v) is 7.48. The average molecular weight is 457 g/mol. The molecule has 0 aliphatic carbocycles. The zero-order valence-corrected chi connectivity index (χ0v) is 18.3. The molecule has 8 nitrogen and oxygen atoms in total. The van der Waals surface area contributed by atoms with E-state index in [1.165, 1.54) is 12.1 Å². The Morgan fingerprint density at radius 1 is 1.19 bits per heavy atom. The molecule has 1 fully saturated rings. The summed E-state index contributed by atoms with van der Waals surface area (Å²) in [5, 5.41) is 0.665. The van der Waals surface area contributed by atoms with Crippen LogP contribution in [0.2, 0.25) is 0 Å². The van der Waals surface area contributed by atoms with Gasteiger partial charge in [0.15, 0.2) is 9.84 Å². The molecule has 1 aromatic carbocycles. The number of aromatic nitrogens is 1. The lowest BCUT2D eigenvalue weighted by Gasteiger charge is -2.35. The highest BCUT2D eigenvalue weighted by molar-refractivity contribution is 7.91. The molecule has 168 valence electrons. The summed E-state index contributed by atoms with van der Waals surface area (Å²) in [7, 11) is -3.78. The molecule has 0 radical (unpaired) electrons. The van der Waals surface area contributed by atoms with Gasteiger partial charge in [-0.05, 0) is 49.2 Å². The number of pyridine rings is 1. The lowest BCUT2D eigenvalue weighted by molar-refractivity contribution is -0.147. The summed E-state index contributed by atoms with van der Waals surface area (Å²) in [5.41, 5.74) is 2.66. The van der Waals surface area contributed by atoms with Crippen molar-refractivity contribution in [2.75, 3.05) is 25.6 Å². The van der Waals surface area contributed by atoms with E-state index in [2.05, 4.69) is 17.0 Å². The highest BCUT2D eigenvalue weighted by Crippen LogP contribution is 2.36. The van der Waals surface area contributed by atoms with Gasteiger partial charge in [0.1, 0.15) is 11.3 Å². The number of carbonyl (C=O) groups excluding carboxylic acids is 1. The quantitative estimate of drug-likeness (QED) is 0.315. The van der Waals surface area contributed by atoms with Gasteiger partial charge in [-0.1, -0.05) is 6.08 Å². The van der Waals surface area contributed by atoms with E-state index in [-0.39, 0.29) is 30.1 Å². The fraction of sp³-hybridized carbons (Fsp3) is 0.304. The zero-order chi connectivity index (χ0) is 22.6. The molecule has 4 rings (SSSR count). The van der Waals surface area contributed by atoms with Gasteiger partial charge in [-0.3, -0.25) is 14.6 Å². The van der Waals surface area contributed by atoms with Crippen LogP contribution in [0.3, 0.4) is 0 Å². The number of sulfone groups is 1. The number of benzene rings is 1. The minimum atomic E-state index is -3.78. The lowest BCUT2D eigenvalue weighted by Crippen LogP contribution is -2.48. The number of rotatable bonds is 8. The number of nitrogens with zero attached hydrogens (tertiary/aromatic N) is 1. The van der Waals surface area contributed by atoms with Crippen molar-refractivity contribution < 1.29 is 27.2 Å². The second-order valence-electron chi connectivity index (χ2n) is 7.73. The Morgan fingerprint density at radius 3 is 2.66 bits per heavy atom. The summed E-state index contributed by atoms with van der Waals surface area (Å²) < 4.78 is 37.9. The molecule has 3 heterocycles. The molecule has 1 amide bonds. The second kappa shape index (κ2) is 9.23. The van der Waals surface area contributed by atoms with E-state index in [4.69, 9.17) is 14.0 Å². The average Bonchev–Trinajstić information content (AvgIpc) is 3.24. The topological polar surface area (TPSA) is 108 Å². The van der Waals surface area contributed by atoms with Crippen LogP contribution in [0.5, 0.6) is 0 Å². The summed E-state index contributed by atoms with van der Waals surface area (Å²) in [6.45, 7) is 4.27. The van der Waals surface area contributed by atoms with E-state index in [9.17, 15) is 13.2 Å². The first-order valence-corrected chi connectivity index (χ1v) is 11.9. The van der Waals surface area contributed by atoms with Crippen molar-refractivity contribution in [3.8, 4) is 11.3 Å². The van der Waals surface area contributed by atoms with Gasteiger partial charge in [0.25, 0.3) is 5.91 Å². The van der Waals surface area contributed by atoms with Gasteiger partial charge in [-0.25, -0.2) is 13.9 Å². The molecule has 3 aromatic rings. The standard InChI is InChI=1S/C23H24N2O6S/c1-2-11-30-25-22(26)23(7-12-29-13-8-23)16-32(27,28)19-3-4-20-18(14-19)15-21(31-20)17-5-9-24-10-6-17/h2-6,9-10,14-15H,1,7-8,11-13,16H2,(H,25,26). The van der Waals surface area contributed by atoms with E-state index in [1.807, 2.05) is 12.1 Å². The first-order valence-electron chi connectivity index (χ1n) is 10.2. The van der Waals surface area contributed by atoms with E-state index in [1.54, 1.807) is 30.6 Å². The van der Waals surface area contributed by atoms with Crippen molar-refractivity contribution in [1.29, 1.82) is 0 Å². The summed E-state index contributed by atoms with van der Waals surface area (Å²) in [5.74, 6) is -0.181.